The van der Waals surface area contributed by atoms with Crippen LogP contribution in [0.4, 0.5) is 0 Å². The van der Waals surface area contributed by atoms with Crippen molar-refractivity contribution in [3.8, 4) is 0 Å². The predicted molar refractivity (Wildman–Crippen MR) is 157 cm³/mol. The maximum Gasteiger partial charge on any atom is 0.269 e. The molecule has 8 nitrogen and oxygen atoms in total. The molecule has 9 heteroatoms. The van der Waals surface area contributed by atoms with E-state index in [-0.39, 0.29) is 48.2 Å². The molecular weight excluding hydrogens is 538 g/mol. The van der Waals surface area contributed by atoms with Crippen LogP contribution < -0.4 is 5.32 Å². The van der Waals surface area contributed by atoms with Crippen LogP contribution in [0.1, 0.15) is 59.7 Å². The van der Waals surface area contributed by atoms with Gasteiger partial charge in [-0.1, -0.05) is 80.1 Å². The third-order valence-corrected chi connectivity index (χ3v) is 9.21. The molecule has 0 saturated carbocycles. The first-order valence-electron chi connectivity index (χ1n) is 14.1. The number of rotatable bonds is 13. The van der Waals surface area contributed by atoms with Crippen LogP contribution in [0.15, 0.2) is 83.8 Å². The van der Waals surface area contributed by atoms with E-state index in [9.17, 15) is 22.8 Å². The van der Waals surface area contributed by atoms with Crippen molar-refractivity contribution in [1.29, 1.82) is 0 Å². The quantitative estimate of drug-likeness (QED) is 0.303. The number of hydrogen-bond acceptors (Lipinski definition) is 5. The first kappa shape index (κ1) is 30.0. The molecule has 3 amide bonds. The summed E-state index contributed by atoms with van der Waals surface area (Å²) >= 11 is 0. The Hall–Kier alpha value is -3.98. The highest BCUT2D eigenvalue weighted by Gasteiger charge is 2.40. The maximum atomic E-state index is 13.9. The summed E-state index contributed by atoms with van der Waals surface area (Å²) in [5.41, 5.74) is 3.00. The van der Waals surface area contributed by atoms with Crippen molar-refractivity contribution in [3.63, 3.8) is 0 Å². The number of amides is 3. The average Bonchev–Trinajstić information content (AvgIpc) is 3.16. The third kappa shape index (κ3) is 7.03. The second-order valence-corrected chi connectivity index (χ2v) is 12.1. The predicted octanol–water partition coefficient (Wildman–Crippen LogP) is 4.48. The molecule has 1 heterocycles. The number of unbranched alkanes of at least 4 members (excludes halogenated alkanes) is 1. The van der Waals surface area contributed by atoms with Crippen molar-refractivity contribution in [2.45, 2.75) is 63.4 Å². The molecule has 216 valence electrons. The van der Waals surface area contributed by atoms with Crippen LogP contribution in [0.3, 0.4) is 0 Å². The van der Waals surface area contributed by atoms with Gasteiger partial charge in [0.05, 0.1) is 5.56 Å². The van der Waals surface area contributed by atoms with Gasteiger partial charge < -0.3 is 10.2 Å². The van der Waals surface area contributed by atoms with Gasteiger partial charge in [0.25, 0.3) is 15.9 Å². The van der Waals surface area contributed by atoms with E-state index >= 15 is 0 Å². The number of carbonyl (C=O) groups is 3. The summed E-state index contributed by atoms with van der Waals surface area (Å²) in [6.07, 6.45) is 2.21. The third-order valence-electron chi connectivity index (χ3n) is 7.37. The van der Waals surface area contributed by atoms with Crippen LogP contribution in [-0.4, -0.2) is 54.5 Å². The summed E-state index contributed by atoms with van der Waals surface area (Å²) in [5, 5.41) is 3.00. The number of sulfonamides is 1. The second-order valence-electron chi connectivity index (χ2n) is 10.3. The van der Waals surface area contributed by atoms with Crippen LogP contribution in [0, 0.1) is 6.92 Å². The molecule has 4 rings (SSSR count). The van der Waals surface area contributed by atoms with Crippen molar-refractivity contribution >= 4 is 27.7 Å². The maximum absolute atomic E-state index is 13.9. The smallest absolute Gasteiger partial charge is 0.269 e. The lowest BCUT2D eigenvalue weighted by Crippen LogP contribution is -2.50. The molecule has 0 radical (unpaired) electrons. The fourth-order valence-corrected chi connectivity index (χ4v) is 6.61. The molecule has 0 fully saturated rings. The van der Waals surface area contributed by atoms with Crippen LogP contribution >= 0.6 is 0 Å². The Labute approximate surface area is 242 Å². The first-order valence-corrected chi connectivity index (χ1v) is 15.5. The van der Waals surface area contributed by atoms with Crippen LogP contribution in [0.5, 0.6) is 0 Å². The van der Waals surface area contributed by atoms with E-state index in [2.05, 4.69) is 5.32 Å². The molecular formula is C32H37N3O5S. The minimum absolute atomic E-state index is 0.0100. The van der Waals surface area contributed by atoms with Gasteiger partial charge in [0, 0.05) is 32.5 Å². The summed E-state index contributed by atoms with van der Waals surface area (Å²) in [4.78, 5) is 41.8. The minimum atomic E-state index is -3.96. The Morgan fingerprint density at radius 1 is 0.927 bits per heavy atom. The van der Waals surface area contributed by atoms with Crippen LogP contribution in [-0.2, 0) is 32.6 Å². The summed E-state index contributed by atoms with van der Waals surface area (Å²) in [6.45, 7) is 4.64. The zero-order valence-electron chi connectivity index (χ0n) is 23.6. The first-order chi connectivity index (χ1) is 19.7. The molecule has 0 saturated heterocycles. The zero-order valence-corrected chi connectivity index (χ0v) is 24.4. The topological polar surface area (TPSA) is 104 Å². The Bertz CT molecular complexity index is 1490. The Kier molecular flexibility index (Phi) is 9.94. The van der Waals surface area contributed by atoms with E-state index in [1.807, 2.05) is 68.4 Å². The number of carbonyl (C=O) groups excluding carboxylic acids is 3. The molecule has 3 aromatic carbocycles. The summed E-state index contributed by atoms with van der Waals surface area (Å²) in [7, 11) is -3.96. The molecule has 3 aromatic rings. The molecule has 0 spiro atoms. The fourth-order valence-electron chi connectivity index (χ4n) is 5.00. The fraction of sp³-hybridized carbons (Fsp3) is 0.344. The van der Waals surface area contributed by atoms with Gasteiger partial charge in [-0.05, 0) is 48.6 Å². The number of fused-ring (bicyclic) bond motifs is 1. The molecule has 1 aliphatic heterocycles. The van der Waals surface area contributed by atoms with Gasteiger partial charge >= 0.3 is 0 Å². The second kappa shape index (κ2) is 13.6. The van der Waals surface area contributed by atoms with Gasteiger partial charge in [0.15, 0.2) is 0 Å². The SMILES string of the molecule is CCCCNC(=O)[C@H](Cc1ccccc1)N(Cc1ccccc1C)C(=O)CCCN1C(=O)c2ccccc2S1(=O)=O. The monoisotopic (exact) mass is 575 g/mol. The number of nitrogens with zero attached hydrogens (tertiary/aromatic N) is 2. The normalized spacial score (nSPS) is 14.4. The number of nitrogens with one attached hydrogen (secondary N) is 1. The summed E-state index contributed by atoms with van der Waals surface area (Å²) < 4.78 is 26.8. The van der Waals surface area contributed by atoms with E-state index < -0.39 is 22.0 Å². The summed E-state index contributed by atoms with van der Waals surface area (Å²) in [5.74, 6) is -1.08. The lowest BCUT2D eigenvalue weighted by Gasteiger charge is -2.32. The molecule has 0 aliphatic carbocycles. The number of hydrogen-bond donors (Lipinski definition) is 1. The molecule has 0 unspecified atom stereocenters. The zero-order chi connectivity index (χ0) is 29.4. The van der Waals surface area contributed by atoms with Gasteiger partial charge in [-0.15, -0.1) is 0 Å². The van der Waals surface area contributed by atoms with Gasteiger partial charge in [0.2, 0.25) is 11.8 Å². The lowest BCUT2D eigenvalue weighted by molar-refractivity contribution is -0.141. The van der Waals surface area contributed by atoms with Crippen molar-refractivity contribution < 1.29 is 22.8 Å². The molecule has 0 aromatic heterocycles. The Morgan fingerprint density at radius 3 is 2.32 bits per heavy atom. The average molecular weight is 576 g/mol. The van der Waals surface area contributed by atoms with Crippen molar-refractivity contribution in [2.24, 2.45) is 0 Å². The van der Waals surface area contributed by atoms with E-state index in [0.29, 0.717) is 13.0 Å². The lowest BCUT2D eigenvalue weighted by atomic mass is 10.0. The van der Waals surface area contributed by atoms with Crippen molar-refractivity contribution in [3.05, 3.63) is 101 Å². The Balaban J connectivity index is 1.56. The van der Waals surface area contributed by atoms with Gasteiger partial charge in [-0.3, -0.25) is 14.4 Å². The standard InChI is InChI=1S/C32H37N3O5S/c1-3-4-20-33-31(37)28(22-25-14-6-5-7-15-25)34(23-26-16-9-8-13-24(26)2)30(36)19-12-21-35-32(38)27-17-10-11-18-29(27)41(35,39)40/h5-11,13-18,28H,3-4,12,19-23H2,1-2H3,(H,33,37)/t28-/m0/s1. The van der Waals surface area contributed by atoms with Gasteiger partial charge in [-0.25, -0.2) is 12.7 Å². The van der Waals surface area contributed by atoms with E-state index in [0.717, 1.165) is 33.8 Å². The van der Waals surface area contributed by atoms with Crippen molar-refractivity contribution in [2.75, 3.05) is 13.1 Å². The van der Waals surface area contributed by atoms with E-state index in [1.54, 1.807) is 17.0 Å². The number of aryl methyl sites for hydroxylation is 1. The molecule has 0 bridgehead atoms. The molecule has 1 atom stereocenters. The minimum Gasteiger partial charge on any atom is -0.354 e. The highest BCUT2D eigenvalue weighted by Crippen LogP contribution is 2.30. The van der Waals surface area contributed by atoms with Gasteiger partial charge in [-0.2, -0.15) is 0 Å². The largest absolute Gasteiger partial charge is 0.354 e. The van der Waals surface area contributed by atoms with Crippen molar-refractivity contribution in [1.82, 2.24) is 14.5 Å². The Morgan fingerprint density at radius 2 is 1.61 bits per heavy atom. The molecule has 1 aliphatic rings. The number of benzene rings is 3. The summed E-state index contributed by atoms with van der Waals surface area (Å²) in [6, 6.07) is 22.7. The highest BCUT2D eigenvalue weighted by atomic mass is 32.2. The molecule has 41 heavy (non-hydrogen) atoms. The van der Waals surface area contributed by atoms with E-state index in [1.165, 1.54) is 12.1 Å². The van der Waals surface area contributed by atoms with Crippen LogP contribution in [0.2, 0.25) is 0 Å². The molecule has 1 N–H and O–H groups in total. The van der Waals surface area contributed by atoms with E-state index in [4.69, 9.17) is 0 Å². The highest BCUT2D eigenvalue weighted by molar-refractivity contribution is 7.90. The van der Waals surface area contributed by atoms with Gasteiger partial charge in [0.1, 0.15) is 10.9 Å². The van der Waals surface area contributed by atoms with Crippen LogP contribution in [0.25, 0.3) is 0 Å².